The van der Waals surface area contributed by atoms with Gasteiger partial charge in [0.2, 0.25) is 0 Å². The van der Waals surface area contributed by atoms with Crippen LogP contribution < -0.4 is 15.2 Å². The molecule has 0 bridgehead atoms. The Kier molecular flexibility index (Phi) is 4.43. The number of benzene rings is 2. The van der Waals surface area contributed by atoms with Crippen molar-refractivity contribution in [3.05, 3.63) is 66.7 Å². The van der Waals surface area contributed by atoms with Gasteiger partial charge in [0.15, 0.2) is 0 Å². The number of anilines is 1. The molecule has 0 aliphatic rings. The van der Waals surface area contributed by atoms with Gasteiger partial charge in [-0.25, -0.2) is 9.97 Å². The van der Waals surface area contributed by atoms with Crippen molar-refractivity contribution in [2.24, 2.45) is 0 Å². The van der Waals surface area contributed by atoms with Crippen LogP contribution in [0.3, 0.4) is 0 Å². The Morgan fingerprint density at radius 3 is 2.35 bits per heavy atom. The molecule has 3 heterocycles. The summed E-state index contributed by atoms with van der Waals surface area (Å²) in [5.41, 5.74) is 11.2. The standard InChI is InChI=1S/C24H21N5O2/c1-14-28-21-13-26-20-10-18(15-4-9-23(25)27-12-15)22(31-3)11-19(20)24(21)29(14)16-5-7-17(30-2)8-6-16/h4-13H,1-3H3,(H2,25,27). The SMILES string of the molecule is COc1ccc(-n2c(C)nc3cnc4cc(-c5ccc(N)nc5)c(OC)cc4c32)cc1. The van der Waals surface area contributed by atoms with Gasteiger partial charge >= 0.3 is 0 Å². The van der Waals surface area contributed by atoms with Crippen LogP contribution in [0.5, 0.6) is 11.5 Å². The van der Waals surface area contributed by atoms with Crippen LogP contribution >= 0.6 is 0 Å². The fourth-order valence-corrected chi connectivity index (χ4v) is 3.90. The van der Waals surface area contributed by atoms with Crippen molar-refractivity contribution in [2.75, 3.05) is 20.0 Å². The van der Waals surface area contributed by atoms with Crippen LogP contribution in [-0.4, -0.2) is 33.7 Å². The molecule has 0 unspecified atom stereocenters. The molecule has 31 heavy (non-hydrogen) atoms. The van der Waals surface area contributed by atoms with Gasteiger partial charge in [0, 0.05) is 28.4 Å². The lowest BCUT2D eigenvalue weighted by Gasteiger charge is -2.13. The highest BCUT2D eigenvalue weighted by molar-refractivity contribution is 6.05. The predicted molar refractivity (Wildman–Crippen MR) is 122 cm³/mol. The molecule has 0 aliphatic heterocycles. The van der Waals surface area contributed by atoms with Gasteiger partial charge in [0.05, 0.1) is 31.4 Å². The van der Waals surface area contributed by atoms with Gasteiger partial charge in [-0.05, 0) is 55.5 Å². The Hall–Kier alpha value is -4.13. The number of pyridine rings is 2. The number of nitrogens with zero attached hydrogens (tertiary/aromatic N) is 4. The van der Waals surface area contributed by atoms with Crippen LogP contribution in [0.2, 0.25) is 0 Å². The molecule has 5 rings (SSSR count). The number of fused-ring (bicyclic) bond motifs is 3. The number of imidazole rings is 1. The van der Waals surface area contributed by atoms with Crippen molar-refractivity contribution in [2.45, 2.75) is 6.92 Å². The molecular formula is C24H21N5O2. The Morgan fingerprint density at radius 2 is 1.68 bits per heavy atom. The van der Waals surface area contributed by atoms with Crippen LogP contribution in [0, 0.1) is 6.92 Å². The summed E-state index contributed by atoms with van der Waals surface area (Å²) in [6.45, 7) is 1.99. The molecule has 0 aliphatic carbocycles. The van der Waals surface area contributed by atoms with E-state index in [1.165, 1.54) is 0 Å². The first-order valence-electron chi connectivity index (χ1n) is 9.81. The van der Waals surface area contributed by atoms with Crippen molar-refractivity contribution in [1.82, 2.24) is 19.5 Å². The van der Waals surface area contributed by atoms with Gasteiger partial charge in [-0.3, -0.25) is 9.55 Å². The third kappa shape index (κ3) is 3.11. The number of hydrogen-bond acceptors (Lipinski definition) is 6. The minimum atomic E-state index is 0.474. The van der Waals surface area contributed by atoms with Gasteiger partial charge in [-0.1, -0.05) is 0 Å². The van der Waals surface area contributed by atoms with Crippen molar-refractivity contribution < 1.29 is 9.47 Å². The van der Waals surface area contributed by atoms with E-state index < -0.39 is 0 Å². The molecule has 3 aromatic heterocycles. The van der Waals surface area contributed by atoms with E-state index in [0.29, 0.717) is 5.82 Å². The maximum atomic E-state index is 5.75. The summed E-state index contributed by atoms with van der Waals surface area (Å²) < 4.78 is 13.2. The van der Waals surface area contributed by atoms with E-state index >= 15 is 0 Å². The number of hydrogen-bond donors (Lipinski definition) is 1. The summed E-state index contributed by atoms with van der Waals surface area (Å²) in [4.78, 5) is 13.6. The second-order valence-electron chi connectivity index (χ2n) is 7.23. The fourth-order valence-electron chi connectivity index (χ4n) is 3.90. The summed E-state index contributed by atoms with van der Waals surface area (Å²) in [5.74, 6) is 2.89. The number of aromatic nitrogens is 4. The Bertz CT molecular complexity index is 1410. The molecule has 0 fully saturated rings. The fraction of sp³-hybridized carbons (Fsp3) is 0.125. The van der Waals surface area contributed by atoms with E-state index in [2.05, 4.69) is 14.5 Å². The van der Waals surface area contributed by atoms with Gasteiger partial charge in [0.1, 0.15) is 28.7 Å². The third-order valence-electron chi connectivity index (χ3n) is 5.40. The van der Waals surface area contributed by atoms with E-state index in [4.69, 9.17) is 20.2 Å². The molecule has 2 N–H and O–H groups in total. The number of nitrogen functional groups attached to an aromatic ring is 1. The number of rotatable bonds is 4. The highest BCUT2D eigenvalue weighted by atomic mass is 16.5. The molecular weight excluding hydrogens is 390 g/mol. The summed E-state index contributed by atoms with van der Waals surface area (Å²) in [6, 6.07) is 15.6. The molecule has 7 nitrogen and oxygen atoms in total. The van der Waals surface area contributed by atoms with E-state index in [1.807, 2.05) is 55.6 Å². The molecule has 0 saturated carbocycles. The molecule has 0 spiro atoms. The molecule has 5 aromatic rings. The Morgan fingerprint density at radius 1 is 0.871 bits per heavy atom. The highest BCUT2D eigenvalue weighted by Gasteiger charge is 2.17. The zero-order chi connectivity index (χ0) is 21.5. The van der Waals surface area contributed by atoms with Gasteiger partial charge in [-0.2, -0.15) is 0 Å². The quantitative estimate of drug-likeness (QED) is 0.467. The number of ether oxygens (including phenoxy) is 2. The minimum Gasteiger partial charge on any atom is -0.497 e. The largest absolute Gasteiger partial charge is 0.497 e. The van der Waals surface area contributed by atoms with Crippen molar-refractivity contribution in [3.8, 4) is 28.3 Å². The number of nitrogens with two attached hydrogens (primary N) is 1. The van der Waals surface area contributed by atoms with Crippen molar-refractivity contribution >= 4 is 27.8 Å². The average molecular weight is 411 g/mol. The lowest BCUT2D eigenvalue weighted by atomic mass is 10.0. The zero-order valence-corrected chi connectivity index (χ0v) is 17.5. The first-order valence-corrected chi connectivity index (χ1v) is 9.81. The zero-order valence-electron chi connectivity index (χ0n) is 17.5. The Balaban J connectivity index is 1.78. The van der Waals surface area contributed by atoms with Crippen LogP contribution in [-0.2, 0) is 0 Å². The highest BCUT2D eigenvalue weighted by Crippen LogP contribution is 2.37. The number of aryl methyl sites for hydroxylation is 1. The summed E-state index contributed by atoms with van der Waals surface area (Å²) in [5, 5.41) is 0.956. The van der Waals surface area contributed by atoms with Crippen LogP contribution in [0.25, 0.3) is 38.8 Å². The second-order valence-corrected chi connectivity index (χ2v) is 7.23. The normalized spacial score (nSPS) is 11.2. The maximum absolute atomic E-state index is 5.75. The van der Waals surface area contributed by atoms with Gasteiger partial charge < -0.3 is 15.2 Å². The van der Waals surface area contributed by atoms with E-state index in [-0.39, 0.29) is 0 Å². The van der Waals surface area contributed by atoms with Crippen molar-refractivity contribution in [1.29, 1.82) is 0 Å². The monoisotopic (exact) mass is 411 g/mol. The summed E-state index contributed by atoms with van der Waals surface area (Å²) >= 11 is 0. The lowest BCUT2D eigenvalue weighted by molar-refractivity contribution is 0.414. The molecule has 7 heteroatoms. The first kappa shape index (κ1) is 18.9. The molecule has 0 amide bonds. The summed E-state index contributed by atoms with van der Waals surface area (Å²) in [6.07, 6.45) is 3.55. The molecule has 0 radical (unpaired) electrons. The summed E-state index contributed by atoms with van der Waals surface area (Å²) in [7, 11) is 3.32. The topological polar surface area (TPSA) is 88.1 Å². The second kappa shape index (κ2) is 7.28. The lowest BCUT2D eigenvalue weighted by Crippen LogP contribution is -1.98. The first-order chi connectivity index (χ1) is 15.1. The molecule has 2 aromatic carbocycles. The van der Waals surface area contributed by atoms with Gasteiger partial charge in [0.25, 0.3) is 0 Å². The average Bonchev–Trinajstić information content (AvgIpc) is 3.15. The van der Waals surface area contributed by atoms with E-state index in [0.717, 1.165) is 56.1 Å². The maximum Gasteiger partial charge on any atom is 0.127 e. The smallest absolute Gasteiger partial charge is 0.127 e. The van der Waals surface area contributed by atoms with Crippen LogP contribution in [0.4, 0.5) is 5.82 Å². The molecule has 0 atom stereocenters. The van der Waals surface area contributed by atoms with Gasteiger partial charge in [-0.15, -0.1) is 0 Å². The van der Waals surface area contributed by atoms with Crippen molar-refractivity contribution in [3.63, 3.8) is 0 Å². The third-order valence-corrected chi connectivity index (χ3v) is 5.40. The molecule has 154 valence electrons. The minimum absolute atomic E-state index is 0.474. The van der Waals surface area contributed by atoms with Crippen LogP contribution in [0.15, 0.2) is 60.9 Å². The Labute approximate surface area is 179 Å². The predicted octanol–water partition coefficient (Wildman–Crippen LogP) is 4.54. The van der Waals surface area contributed by atoms with E-state index in [9.17, 15) is 0 Å². The number of methoxy groups -OCH3 is 2. The molecule has 0 saturated heterocycles. The van der Waals surface area contributed by atoms with Crippen LogP contribution in [0.1, 0.15) is 5.82 Å². The van der Waals surface area contributed by atoms with E-state index in [1.54, 1.807) is 26.5 Å².